The third-order valence-electron chi connectivity index (χ3n) is 2.14. The van der Waals surface area contributed by atoms with Gasteiger partial charge in [-0.1, -0.05) is 6.42 Å². The summed E-state index contributed by atoms with van der Waals surface area (Å²) in [7, 11) is 0. The normalized spacial score (nSPS) is 11.9. The summed E-state index contributed by atoms with van der Waals surface area (Å²) < 4.78 is 0. The van der Waals surface area contributed by atoms with Gasteiger partial charge in [0, 0.05) is 25.9 Å². The standard InChI is InChI=1S/C11H22N2O3/c1-9(8-14)13-11(16)6-4-3-5-7-12-10(2)15/h9,14H,3-8H2,1-2H3,(H,12,15)(H,13,16). The molecule has 0 aliphatic carbocycles. The molecule has 1 unspecified atom stereocenters. The molecule has 1 atom stereocenters. The largest absolute Gasteiger partial charge is 0.394 e. The van der Waals surface area contributed by atoms with E-state index in [0.717, 1.165) is 19.3 Å². The molecule has 0 bridgehead atoms. The average molecular weight is 230 g/mol. The maximum absolute atomic E-state index is 11.3. The lowest BCUT2D eigenvalue weighted by molar-refractivity contribution is -0.122. The second-order valence-electron chi connectivity index (χ2n) is 3.94. The molecule has 0 rings (SSSR count). The molecule has 94 valence electrons. The van der Waals surface area contributed by atoms with Gasteiger partial charge in [0.15, 0.2) is 0 Å². The van der Waals surface area contributed by atoms with E-state index in [9.17, 15) is 9.59 Å². The van der Waals surface area contributed by atoms with Crippen LogP contribution in [-0.4, -0.2) is 36.1 Å². The van der Waals surface area contributed by atoms with Crippen LogP contribution in [0.4, 0.5) is 0 Å². The quantitative estimate of drug-likeness (QED) is 0.520. The first-order valence-electron chi connectivity index (χ1n) is 5.71. The number of unbranched alkanes of at least 4 members (excludes halogenated alkanes) is 2. The number of carbonyl (C=O) groups is 2. The Labute approximate surface area is 96.6 Å². The summed E-state index contributed by atoms with van der Waals surface area (Å²) in [5.74, 6) is -0.0457. The molecular weight excluding hydrogens is 208 g/mol. The first-order valence-corrected chi connectivity index (χ1v) is 5.71. The minimum Gasteiger partial charge on any atom is -0.394 e. The van der Waals surface area contributed by atoms with Crippen LogP contribution < -0.4 is 10.6 Å². The van der Waals surface area contributed by atoms with Crippen molar-refractivity contribution in [2.45, 2.75) is 45.6 Å². The van der Waals surface area contributed by atoms with Crippen LogP contribution >= 0.6 is 0 Å². The van der Waals surface area contributed by atoms with Crippen molar-refractivity contribution in [3.63, 3.8) is 0 Å². The van der Waals surface area contributed by atoms with E-state index in [0.29, 0.717) is 13.0 Å². The Morgan fingerprint density at radius 1 is 1.25 bits per heavy atom. The highest BCUT2D eigenvalue weighted by molar-refractivity contribution is 5.76. The number of amides is 2. The summed E-state index contributed by atoms with van der Waals surface area (Å²) in [5.41, 5.74) is 0. The molecule has 0 fully saturated rings. The maximum atomic E-state index is 11.3. The molecule has 0 aromatic rings. The van der Waals surface area contributed by atoms with Crippen LogP contribution in [-0.2, 0) is 9.59 Å². The number of aliphatic hydroxyl groups excluding tert-OH is 1. The van der Waals surface area contributed by atoms with Crippen LogP contribution in [0.25, 0.3) is 0 Å². The highest BCUT2D eigenvalue weighted by atomic mass is 16.3. The van der Waals surface area contributed by atoms with E-state index in [1.54, 1.807) is 6.92 Å². The lowest BCUT2D eigenvalue weighted by Gasteiger charge is -2.10. The molecule has 0 aromatic carbocycles. The molecule has 0 saturated heterocycles. The van der Waals surface area contributed by atoms with Crippen molar-refractivity contribution in [2.75, 3.05) is 13.2 Å². The number of carbonyl (C=O) groups excluding carboxylic acids is 2. The lowest BCUT2D eigenvalue weighted by Crippen LogP contribution is -2.34. The Bertz CT molecular complexity index is 219. The number of nitrogens with one attached hydrogen (secondary N) is 2. The van der Waals surface area contributed by atoms with Gasteiger partial charge in [0.25, 0.3) is 0 Å². The van der Waals surface area contributed by atoms with E-state index in [4.69, 9.17) is 5.11 Å². The fourth-order valence-electron chi connectivity index (χ4n) is 1.24. The zero-order valence-corrected chi connectivity index (χ0v) is 10.1. The molecule has 0 aliphatic heterocycles. The molecular formula is C11H22N2O3. The van der Waals surface area contributed by atoms with Gasteiger partial charge in [-0.15, -0.1) is 0 Å². The van der Waals surface area contributed by atoms with Gasteiger partial charge in [0.05, 0.1) is 6.61 Å². The minimum absolute atomic E-state index is 0.0190. The van der Waals surface area contributed by atoms with E-state index in [-0.39, 0.29) is 24.5 Å². The Morgan fingerprint density at radius 3 is 2.50 bits per heavy atom. The first kappa shape index (κ1) is 14.9. The van der Waals surface area contributed by atoms with E-state index < -0.39 is 0 Å². The lowest BCUT2D eigenvalue weighted by atomic mass is 10.2. The van der Waals surface area contributed by atoms with Gasteiger partial charge in [0.1, 0.15) is 0 Å². The highest BCUT2D eigenvalue weighted by Crippen LogP contribution is 1.99. The van der Waals surface area contributed by atoms with Crippen molar-refractivity contribution < 1.29 is 14.7 Å². The van der Waals surface area contributed by atoms with Gasteiger partial charge in [0.2, 0.25) is 11.8 Å². The van der Waals surface area contributed by atoms with Gasteiger partial charge in [-0.3, -0.25) is 9.59 Å². The van der Waals surface area contributed by atoms with E-state index >= 15 is 0 Å². The zero-order chi connectivity index (χ0) is 12.4. The summed E-state index contributed by atoms with van der Waals surface area (Å²) in [5, 5.41) is 14.1. The van der Waals surface area contributed by atoms with Crippen LogP contribution in [0.5, 0.6) is 0 Å². The highest BCUT2D eigenvalue weighted by Gasteiger charge is 2.05. The van der Waals surface area contributed by atoms with Crippen molar-refractivity contribution in [2.24, 2.45) is 0 Å². The Morgan fingerprint density at radius 2 is 1.94 bits per heavy atom. The average Bonchev–Trinajstić information content (AvgIpc) is 2.22. The fourth-order valence-corrected chi connectivity index (χ4v) is 1.24. The predicted molar refractivity (Wildman–Crippen MR) is 61.8 cm³/mol. The second-order valence-corrected chi connectivity index (χ2v) is 3.94. The van der Waals surface area contributed by atoms with Crippen molar-refractivity contribution in [1.82, 2.24) is 10.6 Å². The van der Waals surface area contributed by atoms with Gasteiger partial charge in [-0.05, 0) is 19.8 Å². The summed E-state index contributed by atoms with van der Waals surface area (Å²) in [6, 6.07) is -0.174. The molecule has 5 nitrogen and oxygen atoms in total. The summed E-state index contributed by atoms with van der Waals surface area (Å²) in [6.07, 6.45) is 3.09. The van der Waals surface area contributed by atoms with Gasteiger partial charge < -0.3 is 15.7 Å². The maximum Gasteiger partial charge on any atom is 0.220 e. The minimum atomic E-state index is -0.174. The summed E-state index contributed by atoms with van der Waals surface area (Å²) in [6.45, 7) is 3.89. The molecule has 0 aliphatic rings. The van der Waals surface area contributed by atoms with Gasteiger partial charge in [-0.2, -0.15) is 0 Å². The SMILES string of the molecule is CC(=O)NCCCCCC(=O)NC(C)CO. The Balaban J connectivity index is 3.31. The predicted octanol–water partition coefficient (Wildman–Crippen LogP) is 0.180. The third kappa shape index (κ3) is 9.45. The van der Waals surface area contributed by atoms with Crippen LogP contribution in [0.1, 0.15) is 39.5 Å². The molecule has 0 spiro atoms. The van der Waals surface area contributed by atoms with E-state index in [2.05, 4.69) is 10.6 Å². The number of rotatable bonds is 8. The van der Waals surface area contributed by atoms with Crippen molar-refractivity contribution in [3.8, 4) is 0 Å². The van der Waals surface area contributed by atoms with Gasteiger partial charge >= 0.3 is 0 Å². The topological polar surface area (TPSA) is 78.4 Å². The van der Waals surface area contributed by atoms with E-state index in [1.807, 2.05) is 0 Å². The number of hydrogen-bond acceptors (Lipinski definition) is 3. The summed E-state index contributed by atoms with van der Waals surface area (Å²) in [4.78, 5) is 21.8. The van der Waals surface area contributed by atoms with Crippen LogP contribution in [0.15, 0.2) is 0 Å². The molecule has 0 saturated carbocycles. The molecule has 3 N–H and O–H groups in total. The van der Waals surface area contributed by atoms with Crippen molar-refractivity contribution >= 4 is 11.8 Å². The zero-order valence-electron chi connectivity index (χ0n) is 10.1. The van der Waals surface area contributed by atoms with Crippen molar-refractivity contribution in [1.29, 1.82) is 0 Å². The number of hydrogen-bond donors (Lipinski definition) is 3. The fraction of sp³-hybridized carbons (Fsp3) is 0.818. The second kappa shape index (κ2) is 9.15. The molecule has 2 amide bonds. The third-order valence-corrected chi connectivity index (χ3v) is 2.14. The van der Waals surface area contributed by atoms with Crippen LogP contribution in [0.3, 0.4) is 0 Å². The number of aliphatic hydroxyl groups is 1. The monoisotopic (exact) mass is 230 g/mol. The molecule has 0 radical (unpaired) electrons. The molecule has 0 aromatic heterocycles. The molecule has 5 heteroatoms. The molecule has 16 heavy (non-hydrogen) atoms. The first-order chi connectivity index (χ1) is 7.56. The Hall–Kier alpha value is -1.10. The molecule has 0 heterocycles. The van der Waals surface area contributed by atoms with Crippen molar-refractivity contribution in [3.05, 3.63) is 0 Å². The van der Waals surface area contributed by atoms with Gasteiger partial charge in [-0.25, -0.2) is 0 Å². The van der Waals surface area contributed by atoms with Crippen LogP contribution in [0, 0.1) is 0 Å². The summed E-state index contributed by atoms with van der Waals surface area (Å²) >= 11 is 0. The van der Waals surface area contributed by atoms with E-state index in [1.165, 1.54) is 6.92 Å². The Kier molecular flexibility index (Phi) is 8.52. The van der Waals surface area contributed by atoms with Crippen LogP contribution in [0.2, 0.25) is 0 Å². The smallest absolute Gasteiger partial charge is 0.220 e.